The highest BCUT2D eigenvalue weighted by molar-refractivity contribution is 8.81. The number of esters is 2. The molecule has 0 aromatic carbocycles. The number of nitrogens with zero attached hydrogens (tertiary/aromatic N) is 1. The highest BCUT2D eigenvalue weighted by atomic mass is 33.1. The van der Waals surface area contributed by atoms with E-state index in [1.54, 1.807) is 47.1 Å². The molecular formula is C58H88N2O16S2. The molecule has 4 rings (SSSR count). The van der Waals surface area contributed by atoms with Crippen LogP contribution in [0.3, 0.4) is 0 Å². The number of carbonyl (C=O) groups excluding carboxylic acids is 8. The van der Waals surface area contributed by atoms with Crippen molar-refractivity contribution in [3.8, 4) is 0 Å². The average molecular weight is 1130 g/mol. The number of methoxy groups -OCH3 is 3. The second-order valence-corrected chi connectivity index (χ2v) is 24.4. The maximum Gasteiger partial charge on any atom is 0.329 e. The minimum absolute atomic E-state index is 0.0112. The maximum atomic E-state index is 14.6. The Kier molecular flexibility index (Phi) is 27.6. The maximum absolute atomic E-state index is 14.6. The number of carbonyl (C=O) groups is 8. The van der Waals surface area contributed by atoms with Crippen molar-refractivity contribution in [2.24, 2.45) is 35.5 Å². The fraction of sp³-hybridized carbons (Fsp3) is 0.724. The molecular weight excluding hydrogens is 1040 g/mol. The molecule has 438 valence electrons. The number of ether oxygens (including phenoxy) is 6. The molecule has 2 amide bonds. The largest absolute Gasteiger partial charge is 0.460 e. The predicted octanol–water partition coefficient (Wildman–Crippen LogP) is 7.80. The van der Waals surface area contributed by atoms with E-state index in [0.29, 0.717) is 63.4 Å². The Balaban J connectivity index is 1.63. The van der Waals surface area contributed by atoms with Crippen LogP contribution in [0.15, 0.2) is 47.6 Å². The molecule has 2 saturated heterocycles. The first kappa shape index (κ1) is 66.5. The highest BCUT2D eigenvalue weighted by Gasteiger charge is 2.53. The number of allylic oxidation sites excluding steroid dienone is 6. The van der Waals surface area contributed by atoms with Gasteiger partial charge in [-0.25, -0.2) is 4.79 Å². The zero-order valence-electron chi connectivity index (χ0n) is 47.7. The SMILES string of the molecule is CO[C@H]1C[C@@H]2CC[C@@H](C)[C@@](O)(O2)C(=O)C(=O)N2CCCC[C@H]2C(=O)O[C@H]([C@H](C)C[C@@H]2CC[C@@H](OC(=O)CCC(=O)CNC(=O)SSC)[C@H](OC)C2)CC(=O)[C@H](C)/C=C(\C)[C@@H](O)[C@@H](OC)C(=O)[C@H](C)C[C@H](C)/C=C/C=CC=C1C. The lowest BCUT2D eigenvalue weighted by molar-refractivity contribution is -0.265. The summed E-state index contributed by atoms with van der Waals surface area (Å²) in [5.41, 5.74) is 1.21. The summed E-state index contributed by atoms with van der Waals surface area (Å²) in [7, 11) is 6.66. The van der Waals surface area contributed by atoms with Crippen molar-refractivity contribution in [1.82, 2.24) is 10.2 Å². The van der Waals surface area contributed by atoms with E-state index in [1.807, 2.05) is 51.2 Å². The van der Waals surface area contributed by atoms with Crippen molar-refractivity contribution < 1.29 is 77.0 Å². The van der Waals surface area contributed by atoms with Crippen LogP contribution in [0, 0.1) is 35.5 Å². The van der Waals surface area contributed by atoms with Crippen LogP contribution in [0.5, 0.6) is 0 Å². The average Bonchev–Trinajstić information content (AvgIpc) is 3.49. The smallest absolute Gasteiger partial charge is 0.329 e. The van der Waals surface area contributed by atoms with Gasteiger partial charge in [0.1, 0.15) is 36.2 Å². The summed E-state index contributed by atoms with van der Waals surface area (Å²) >= 11 is 0. The molecule has 0 spiro atoms. The summed E-state index contributed by atoms with van der Waals surface area (Å²) in [6.45, 7) is 12.3. The molecule has 0 aromatic rings. The minimum atomic E-state index is -2.47. The number of amides is 2. The van der Waals surface area contributed by atoms with Gasteiger partial charge in [0.2, 0.25) is 5.79 Å². The summed E-state index contributed by atoms with van der Waals surface area (Å²) < 4.78 is 35.6. The molecule has 3 N–H and O–H groups in total. The number of Topliss-reactive ketones (excluding diaryl/α,β-unsaturated/α-hetero) is 4. The van der Waals surface area contributed by atoms with Crippen LogP contribution < -0.4 is 5.32 Å². The summed E-state index contributed by atoms with van der Waals surface area (Å²) in [6, 6.07) is -1.21. The van der Waals surface area contributed by atoms with Crippen LogP contribution in [0.25, 0.3) is 0 Å². The molecule has 0 unspecified atom stereocenters. The van der Waals surface area contributed by atoms with Crippen molar-refractivity contribution in [2.75, 3.05) is 40.7 Å². The van der Waals surface area contributed by atoms with Crippen molar-refractivity contribution >= 4 is 67.8 Å². The molecule has 78 heavy (non-hydrogen) atoms. The van der Waals surface area contributed by atoms with Crippen LogP contribution >= 0.6 is 21.6 Å². The Hall–Kier alpha value is -4.02. The Morgan fingerprint density at radius 2 is 1.60 bits per heavy atom. The number of ketones is 4. The fourth-order valence-electron chi connectivity index (χ4n) is 11.1. The minimum Gasteiger partial charge on any atom is -0.460 e. The molecule has 1 aliphatic carbocycles. The number of cyclic esters (lactones) is 1. The number of piperidine rings is 1. The fourth-order valence-corrected chi connectivity index (χ4v) is 12.0. The molecule has 2 bridgehead atoms. The normalized spacial score (nSPS) is 34.3. The van der Waals surface area contributed by atoms with Gasteiger partial charge < -0.3 is 48.9 Å². The third-order valence-corrected chi connectivity index (χ3v) is 17.3. The van der Waals surface area contributed by atoms with Crippen molar-refractivity contribution in [2.45, 2.75) is 193 Å². The number of hydrogen-bond acceptors (Lipinski definition) is 18. The van der Waals surface area contributed by atoms with Crippen molar-refractivity contribution in [1.29, 1.82) is 0 Å². The monoisotopic (exact) mass is 1130 g/mol. The van der Waals surface area contributed by atoms with Gasteiger partial charge in [-0.15, -0.1) is 0 Å². The molecule has 18 nitrogen and oxygen atoms in total. The van der Waals surface area contributed by atoms with E-state index in [2.05, 4.69) is 5.32 Å². The number of aliphatic hydroxyl groups excluding tert-OH is 1. The molecule has 3 heterocycles. The van der Waals surface area contributed by atoms with Gasteiger partial charge in [0.15, 0.2) is 11.6 Å². The second-order valence-electron chi connectivity index (χ2n) is 22.0. The van der Waals surface area contributed by atoms with Crippen LogP contribution in [-0.4, -0.2) is 157 Å². The number of nitrogens with one attached hydrogen (secondary N) is 1. The summed E-state index contributed by atoms with van der Waals surface area (Å²) in [5, 5.41) is 25.7. The molecule has 3 aliphatic heterocycles. The molecule has 0 aromatic heterocycles. The van der Waals surface area contributed by atoms with E-state index < -0.39 is 102 Å². The Bertz CT molecular complexity index is 2200. The van der Waals surface area contributed by atoms with Crippen LogP contribution in [-0.2, 0) is 62.0 Å². The van der Waals surface area contributed by atoms with Crippen LogP contribution in [0.4, 0.5) is 4.79 Å². The Morgan fingerprint density at radius 1 is 0.872 bits per heavy atom. The van der Waals surface area contributed by atoms with E-state index in [9.17, 15) is 48.6 Å². The van der Waals surface area contributed by atoms with Gasteiger partial charge in [0, 0.05) is 75.7 Å². The third-order valence-electron chi connectivity index (χ3n) is 15.9. The number of hydrogen-bond donors (Lipinski definition) is 3. The summed E-state index contributed by atoms with van der Waals surface area (Å²) in [6.07, 6.45) is 11.3. The topological polar surface area (TPSA) is 248 Å². The lowest BCUT2D eigenvalue weighted by Gasteiger charge is -2.42. The van der Waals surface area contributed by atoms with E-state index in [4.69, 9.17) is 28.4 Å². The second kappa shape index (κ2) is 32.4. The van der Waals surface area contributed by atoms with Gasteiger partial charge in [-0.2, -0.15) is 0 Å². The van der Waals surface area contributed by atoms with Gasteiger partial charge in [0.25, 0.3) is 16.9 Å². The van der Waals surface area contributed by atoms with Gasteiger partial charge >= 0.3 is 11.9 Å². The number of rotatable bonds is 13. The Labute approximate surface area is 469 Å². The zero-order valence-corrected chi connectivity index (χ0v) is 49.4. The quantitative estimate of drug-likeness (QED) is 0.0689. The van der Waals surface area contributed by atoms with Gasteiger partial charge in [-0.05, 0) is 113 Å². The summed E-state index contributed by atoms with van der Waals surface area (Å²) in [4.78, 5) is 110. The number of fused-ring (bicyclic) bond motifs is 3. The molecule has 3 fully saturated rings. The van der Waals surface area contributed by atoms with Crippen LogP contribution in [0.1, 0.15) is 138 Å². The van der Waals surface area contributed by atoms with E-state index in [0.717, 1.165) is 21.3 Å². The lowest BCUT2D eigenvalue weighted by atomic mass is 9.78. The predicted molar refractivity (Wildman–Crippen MR) is 298 cm³/mol. The highest BCUT2D eigenvalue weighted by Crippen LogP contribution is 2.38. The first-order valence-electron chi connectivity index (χ1n) is 27.7. The van der Waals surface area contributed by atoms with Gasteiger partial charge in [0.05, 0.1) is 31.3 Å². The molecule has 0 radical (unpaired) electrons. The molecule has 20 heteroatoms. The van der Waals surface area contributed by atoms with E-state index in [1.165, 1.54) is 25.0 Å². The van der Waals surface area contributed by atoms with Crippen molar-refractivity contribution in [3.05, 3.63) is 47.6 Å². The molecule has 1 saturated carbocycles. The first-order chi connectivity index (χ1) is 37.0. The Morgan fingerprint density at radius 3 is 2.28 bits per heavy atom. The van der Waals surface area contributed by atoms with Gasteiger partial charge in [-0.3, -0.25) is 33.6 Å². The van der Waals surface area contributed by atoms with Gasteiger partial charge in [-0.1, -0.05) is 81.9 Å². The molecule has 15 atom stereocenters. The standard InChI is InChI=1S/C58H88N2O16S2/c1-34-17-13-12-14-18-35(2)47(71-8)31-43-23-20-40(7)58(70,76-43)54(66)55(67)60-26-16-15-19-44(60)56(68)75-48(32-45(62)36(3)28-39(6)52(65)53(73-10)51(64)38(5)27-34)37(4)29-41-21-24-46(49(30-41)72-9)74-50(63)25-22-42(61)33-59-57(69)78-77-11/h12-14,17-18,28,34,36-38,40-41,43-44,46-49,52-53,65,70H,15-16,19-27,29-33H2,1-11H3,(H,59,69)/b14-12?,17-13+,35-18?,39-28+/t34-,36-,37-,38-,40-,41+,43+,44+,46-,47+,48+,49-,52-,53+,58-/m1/s1. The third kappa shape index (κ3) is 19.3. The van der Waals surface area contributed by atoms with E-state index >= 15 is 0 Å². The molecule has 4 aliphatic rings. The van der Waals surface area contributed by atoms with E-state index in [-0.39, 0.29) is 79.6 Å². The summed E-state index contributed by atoms with van der Waals surface area (Å²) in [5.74, 6) is -9.52. The first-order valence-corrected chi connectivity index (χ1v) is 30.2. The number of aliphatic hydroxyl groups is 2. The van der Waals surface area contributed by atoms with Crippen molar-refractivity contribution in [3.63, 3.8) is 0 Å². The zero-order chi connectivity index (χ0) is 57.9. The lowest BCUT2D eigenvalue weighted by Crippen LogP contribution is -2.61. The van der Waals surface area contributed by atoms with Crippen LogP contribution in [0.2, 0.25) is 0 Å².